The third-order valence-corrected chi connectivity index (χ3v) is 3.54. The lowest BCUT2D eigenvalue weighted by Crippen LogP contribution is -2.46. The molecule has 0 fully saturated rings. The Kier molecular flexibility index (Phi) is 4.75. The van der Waals surface area contributed by atoms with Crippen molar-refractivity contribution in [3.63, 3.8) is 0 Å². The highest BCUT2D eigenvalue weighted by Crippen LogP contribution is 2.32. The number of hydrogen-bond donors (Lipinski definition) is 2. The van der Waals surface area contributed by atoms with E-state index in [4.69, 9.17) is 27.9 Å². The van der Waals surface area contributed by atoms with Gasteiger partial charge in [0.05, 0.1) is 13.2 Å². The lowest BCUT2D eigenvalue weighted by atomic mass is 9.96. The van der Waals surface area contributed by atoms with Crippen molar-refractivity contribution in [3.8, 4) is 0 Å². The summed E-state index contributed by atoms with van der Waals surface area (Å²) >= 11 is 12.2. The Labute approximate surface area is 123 Å². The van der Waals surface area contributed by atoms with E-state index in [9.17, 15) is 0 Å². The summed E-state index contributed by atoms with van der Waals surface area (Å²) in [5.74, 6) is 0. The molecule has 1 aliphatic heterocycles. The molecule has 0 amide bonds. The van der Waals surface area contributed by atoms with Gasteiger partial charge in [0.25, 0.3) is 0 Å². The molecule has 0 bridgehead atoms. The van der Waals surface area contributed by atoms with E-state index < -0.39 is 5.66 Å². The monoisotopic (exact) mass is 298 g/mol. The second-order valence-corrected chi connectivity index (χ2v) is 5.11. The van der Waals surface area contributed by atoms with E-state index in [-0.39, 0.29) is 0 Å². The summed E-state index contributed by atoms with van der Waals surface area (Å²) in [7, 11) is 0. The van der Waals surface area contributed by atoms with Crippen molar-refractivity contribution in [2.75, 3.05) is 13.2 Å². The van der Waals surface area contributed by atoms with E-state index in [1.807, 2.05) is 24.5 Å². The molecule has 0 aliphatic carbocycles. The summed E-state index contributed by atoms with van der Waals surface area (Å²) in [6.07, 6.45) is 6.18. The Morgan fingerprint density at radius 1 is 1.26 bits per heavy atom. The first kappa shape index (κ1) is 14.3. The van der Waals surface area contributed by atoms with Crippen molar-refractivity contribution in [2.24, 2.45) is 0 Å². The highest BCUT2D eigenvalue weighted by molar-refractivity contribution is 6.35. The minimum Gasteiger partial charge on any atom is -0.377 e. The van der Waals surface area contributed by atoms with Crippen LogP contribution < -0.4 is 10.6 Å². The van der Waals surface area contributed by atoms with Crippen molar-refractivity contribution in [1.29, 1.82) is 0 Å². The van der Waals surface area contributed by atoms with Crippen LogP contribution in [-0.2, 0) is 10.4 Å². The van der Waals surface area contributed by atoms with Crippen LogP contribution in [0.3, 0.4) is 0 Å². The zero-order valence-electron chi connectivity index (χ0n) is 10.5. The number of hydrogen-bond acceptors (Lipinski definition) is 3. The predicted molar refractivity (Wildman–Crippen MR) is 79.2 cm³/mol. The van der Waals surface area contributed by atoms with Gasteiger partial charge in [-0.15, -0.1) is 6.58 Å². The average Bonchev–Trinajstić information content (AvgIpc) is 2.84. The quantitative estimate of drug-likeness (QED) is 0.624. The fourth-order valence-corrected chi connectivity index (χ4v) is 2.64. The Bertz CT molecular complexity index is 480. The van der Waals surface area contributed by atoms with Gasteiger partial charge in [0.1, 0.15) is 5.66 Å². The summed E-state index contributed by atoms with van der Waals surface area (Å²) in [6, 6.07) is 5.49. The molecule has 0 radical (unpaired) electrons. The van der Waals surface area contributed by atoms with Crippen LogP contribution >= 0.6 is 23.2 Å². The van der Waals surface area contributed by atoms with Gasteiger partial charge in [-0.05, 0) is 12.1 Å². The smallest absolute Gasteiger partial charge is 0.137 e. The summed E-state index contributed by atoms with van der Waals surface area (Å²) < 4.78 is 5.46. The Balaban J connectivity index is 2.16. The molecule has 2 N–H and O–H groups in total. The molecule has 1 aliphatic rings. The molecule has 5 heteroatoms. The second-order valence-electron chi connectivity index (χ2n) is 4.27. The zero-order chi connectivity index (χ0) is 13.7. The fraction of sp³-hybridized carbons (Fsp3) is 0.286. The topological polar surface area (TPSA) is 33.3 Å². The van der Waals surface area contributed by atoms with Crippen LogP contribution in [0.1, 0.15) is 12.0 Å². The van der Waals surface area contributed by atoms with Crippen molar-refractivity contribution < 1.29 is 4.74 Å². The first-order chi connectivity index (χ1) is 9.18. The van der Waals surface area contributed by atoms with Gasteiger partial charge < -0.3 is 15.4 Å². The van der Waals surface area contributed by atoms with E-state index in [1.54, 1.807) is 12.1 Å². The highest BCUT2D eigenvalue weighted by atomic mass is 35.5. The van der Waals surface area contributed by atoms with Gasteiger partial charge in [-0.1, -0.05) is 35.3 Å². The van der Waals surface area contributed by atoms with E-state index in [0.717, 1.165) is 12.0 Å². The Hall–Kier alpha value is -1.16. The maximum atomic E-state index is 6.29. The summed E-state index contributed by atoms with van der Waals surface area (Å²) in [6.45, 7) is 4.75. The third-order valence-electron chi connectivity index (χ3n) is 2.99. The molecule has 0 aromatic heterocycles. The van der Waals surface area contributed by atoms with Crippen LogP contribution in [0.2, 0.25) is 10.0 Å². The van der Waals surface area contributed by atoms with E-state index in [0.29, 0.717) is 23.3 Å². The summed E-state index contributed by atoms with van der Waals surface area (Å²) in [4.78, 5) is 0. The van der Waals surface area contributed by atoms with Crippen LogP contribution in [0.4, 0.5) is 0 Å². The van der Waals surface area contributed by atoms with Crippen LogP contribution in [0.5, 0.6) is 0 Å². The maximum Gasteiger partial charge on any atom is 0.137 e. The number of rotatable bonds is 6. The second kappa shape index (κ2) is 6.33. The molecule has 0 spiro atoms. The van der Waals surface area contributed by atoms with Crippen molar-refractivity contribution >= 4 is 23.2 Å². The van der Waals surface area contributed by atoms with E-state index >= 15 is 0 Å². The molecular weight excluding hydrogens is 283 g/mol. The molecule has 1 aromatic rings. The minimum atomic E-state index is -0.442. The van der Waals surface area contributed by atoms with Gasteiger partial charge in [-0.25, -0.2) is 0 Å². The van der Waals surface area contributed by atoms with Gasteiger partial charge >= 0.3 is 0 Å². The van der Waals surface area contributed by atoms with Gasteiger partial charge in [0.15, 0.2) is 0 Å². The molecule has 1 heterocycles. The molecule has 2 rings (SSSR count). The molecule has 0 unspecified atom stereocenters. The van der Waals surface area contributed by atoms with Gasteiger partial charge in [0.2, 0.25) is 0 Å². The lowest BCUT2D eigenvalue weighted by Gasteiger charge is -2.32. The standard InChI is InChI=1S/C14H16Cl2N2O/c1-2-8-19-9-5-14(17-6-7-18-14)12-4-3-11(15)10-13(12)16/h2-4,6-7,10,17-18H,1,5,8-9H2. The Morgan fingerprint density at radius 3 is 2.63 bits per heavy atom. The highest BCUT2D eigenvalue weighted by Gasteiger charge is 2.34. The number of halogens is 2. The number of nitrogens with one attached hydrogen (secondary N) is 2. The average molecular weight is 299 g/mol. The van der Waals surface area contributed by atoms with Gasteiger partial charge in [-0.3, -0.25) is 0 Å². The van der Waals surface area contributed by atoms with Crippen LogP contribution in [0.15, 0.2) is 43.3 Å². The summed E-state index contributed by atoms with van der Waals surface area (Å²) in [5.41, 5.74) is 0.508. The SMILES string of the molecule is C=CCOCCC1(c2ccc(Cl)cc2Cl)NC=CN1. The normalized spacial score (nSPS) is 15.9. The zero-order valence-corrected chi connectivity index (χ0v) is 12.0. The molecule has 102 valence electrons. The van der Waals surface area contributed by atoms with E-state index in [2.05, 4.69) is 17.2 Å². The molecule has 1 aromatic carbocycles. The lowest BCUT2D eigenvalue weighted by molar-refractivity contribution is 0.128. The number of ether oxygens (including phenoxy) is 1. The summed E-state index contributed by atoms with van der Waals surface area (Å²) in [5, 5.41) is 7.85. The fourth-order valence-electron chi connectivity index (χ4n) is 2.07. The van der Waals surface area contributed by atoms with Crippen LogP contribution in [0.25, 0.3) is 0 Å². The minimum absolute atomic E-state index is 0.442. The molecule has 19 heavy (non-hydrogen) atoms. The van der Waals surface area contributed by atoms with Gasteiger partial charge in [-0.2, -0.15) is 0 Å². The van der Waals surface area contributed by atoms with Crippen LogP contribution in [-0.4, -0.2) is 13.2 Å². The van der Waals surface area contributed by atoms with Crippen molar-refractivity contribution in [2.45, 2.75) is 12.1 Å². The Morgan fingerprint density at radius 2 is 2.00 bits per heavy atom. The molecule has 3 nitrogen and oxygen atoms in total. The largest absolute Gasteiger partial charge is 0.377 e. The molecule has 0 saturated heterocycles. The molecule has 0 saturated carbocycles. The van der Waals surface area contributed by atoms with Gasteiger partial charge in [0, 0.05) is 34.4 Å². The molecule has 0 atom stereocenters. The first-order valence-electron chi connectivity index (χ1n) is 6.02. The van der Waals surface area contributed by atoms with Crippen molar-refractivity contribution in [3.05, 3.63) is 58.9 Å². The van der Waals surface area contributed by atoms with E-state index in [1.165, 1.54) is 0 Å². The predicted octanol–water partition coefficient (Wildman–Crippen LogP) is 3.40. The maximum absolute atomic E-state index is 6.29. The number of benzene rings is 1. The third kappa shape index (κ3) is 3.24. The van der Waals surface area contributed by atoms with Crippen LogP contribution in [0, 0.1) is 0 Å². The van der Waals surface area contributed by atoms with Crippen molar-refractivity contribution in [1.82, 2.24) is 10.6 Å². The first-order valence-corrected chi connectivity index (χ1v) is 6.78. The molecular formula is C14H16Cl2N2O.